The van der Waals surface area contributed by atoms with Crippen molar-refractivity contribution in [1.82, 2.24) is 10.2 Å². The summed E-state index contributed by atoms with van der Waals surface area (Å²) in [4.78, 5) is 28.4. The highest BCUT2D eigenvalue weighted by Crippen LogP contribution is 2.27. The Balaban J connectivity index is 2.00. The molecule has 3 aromatic rings. The molecule has 0 saturated heterocycles. The Morgan fingerprint density at radius 2 is 1.55 bits per heavy atom. The van der Waals surface area contributed by atoms with Crippen LogP contribution < -0.4 is 14.4 Å². The molecule has 0 aliphatic carbocycles. The Labute approximate surface area is 245 Å². The van der Waals surface area contributed by atoms with Gasteiger partial charge in [0.25, 0.3) is 10.0 Å². The summed E-state index contributed by atoms with van der Waals surface area (Å²) in [6, 6.07) is 21.2. The Morgan fingerprint density at radius 1 is 0.925 bits per heavy atom. The smallest absolute Gasteiger partial charge is 0.264 e. The van der Waals surface area contributed by atoms with Gasteiger partial charge in [0.2, 0.25) is 11.8 Å². The first-order chi connectivity index (χ1) is 19.0. The normalized spacial score (nSPS) is 12.1. The monoisotopic (exact) mass is 629 g/mol. The van der Waals surface area contributed by atoms with Crippen molar-refractivity contribution in [3.63, 3.8) is 0 Å². The SMILES string of the molecule is CCOc1ccc(N(CC(=O)N(Cc2ccccc2)[C@@H](C)C(=O)NCC(C)C)S(=O)(=O)c2ccc(Br)cc2)cc1. The molecule has 0 spiro atoms. The van der Waals surface area contributed by atoms with Crippen LogP contribution in [0.25, 0.3) is 0 Å². The summed E-state index contributed by atoms with van der Waals surface area (Å²) >= 11 is 3.34. The fraction of sp³-hybridized carbons (Fsp3) is 0.333. The molecule has 0 aromatic heterocycles. The van der Waals surface area contributed by atoms with E-state index < -0.39 is 28.5 Å². The molecule has 0 unspecified atom stereocenters. The molecule has 3 aromatic carbocycles. The molecular weight excluding hydrogens is 594 g/mol. The molecule has 8 nitrogen and oxygen atoms in total. The third kappa shape index (κ3) is 8.32. The number of nitrogens with zero attached hydrogens (tertiary/aromatic N) is 2. The molecular formula is C30H36BrN3O5S. The molecule has 0 saturated carbocycles. The number of benzene rings is 3. The average molecular weight is 631 g/mol. The second-order valence-electron chi connectivity index (χ2n) is 9.71. The molecule has 40 heavy (non-hydrogen) atoms. The molecule has 0 aliphatic rings. The van der Waals surface area contributed by atoms with E-state index in [4.69, 9.17) is 4.74 Å². The molecule has 1 atom stereocenters. The van der Waals surface area contributed by atoms with Gasteiger partial charge in [0, 0.05) is 17.6 Å². The number of carbonyl (C=O) groups is 2. The highest BCUT2D eigenvalue weighted by molar-refractivity contribution is 9.10. The molecule has 214 valence electrons. The molecule has 0 heterocycles. The topological polar surface area (TPSA) is 96.0 Å². The summed E-state index contributed by atoms with van der Waals surface area (Å²) in [5, 5.41) is 2.88. The van der Waals surface area contributed by atoms with Crippen LogP contribution in [0.1, 0.15) is 33.3 Å². The van der Waals surface area contributed by atoms with Gasteiger partial charge in [0.05, 0.1) is 17.2 Å². The second-order valence-corrected chi connectivity index (χ2v) is 12.5. The lowest BCUT2D eigenvalue weighted by Gasteiger charge is -2.32. The second kappa shape index (κ2) is 14.3. The predicted octanol–water partition coefficient (Wildman–Crippen LogP) is 5.23. The molecule has 0 bridgehead atoms. The number of rotatable bonds is 13. The molecule has 0 radical (unpaired) electrons. The number of amides is 2. The highest BCUT2D eigenvalue weighted by Gasteiger charge is 2.32. The predicted molar refractivity (Wildman–Crippen MR) is 161 cm³/mol. The minimum absolute atomic E-state index is 0.0368. The fourth-order valence-electron chi connectivity index (χ4n) is 3.95. The van der Waals surface area contributed by atoms with Crippen molar-refractivity contribution in [2.75, 3.05) is 24.0 Å². The third-order valence-corrected chi connectivity index (χ3v) is 8.48. The zero-order valence-electron chi connectivity index (χ0n) is 23.2. The summed E-state index contributed by atoms with van der Waals surface area (Å²) in [6.07, 6.45) is 0. The molecule has 1 N–H and O–H groups in total. The number of sulfonamides is 1. The van der Waals surface area contributed by atoms with E-state index in [2.05, 4.69) is 21.2 Å². The van der Waals surface area contributed by atoms with Crippen molar-refractivity contribution in [2.24, 2.45) is 5.92 Å². The maximum Gasteiger partial charge on any atom is 0.264 e. The summed E-state index contributed by atoms with van der Waals surface area (Å²) < 4.78 is 35.1. The maximum absolute atomic E-state index is 13.9. The van der Waals surface area contributed by atoms with E-state index in [0.717, 1.165) is 14.3 Å². The lowest BCUT2D eigenvalue weighted by atomic mass is 10.1. The number of halogens is 1. The van der Waals surface area contributed by atoms with Crippen LogP contribution in [-0.4, -0.2) is 50.9 Å². The highest BCUT2D eigenvalue weighted by atomic mass is 79.9. The van der Waals surface area contributed by atoms with Crippen molar-refractivity contribution in [3.8, 4) is 5.75 Å². The first kappa shape index (κ1) is 31.2. The van der Waals surface area contributed by atoms with Gasteiger partial charge in [-0.1, -0.05) is 60.1 Å². The number of carbonyl (C=O) groups excluding carboxylic acids is 2. The average Bonchev–Trinajstić information content (AvgIpc) is 2.94. The van der Waals surface area contributed by atoms with Crippen LogP contribution in [0.3, 0.4) is 0 Å². The lowest BCUT2D eigenvalue weighted by Crippen LogP contribution is -2.51. The number of hydrogen-bond donors (Lipinski definition) is 1. The van der Waals surface area contributed by atoms with Crippen LogP contribution in [-0.2, 0) is 26.2 Å². The van der Waals surface area contributed by atoms with E-state index in [1.54, 1.807) is 43.3 Å². The molecule has 0 fully saturated rings. The van der Waals surface area contributed by atoms with Crippen LogP contribution >= 0.6 is 15.9 Å². The fourth-order valence-corrected chi connectivity index (χ4v) is 5.63. The first-order valence-corrected chi connectivity index (χ1v) is 15.4. The Morgan fingerprint density at radius 3 is 2.12 bits per heavy atom. The molecule has 3 rings (SSSR count). The zero-order chi connectivity index (χ0) is 29.3. The van der Waals surface area contributed by atoms with Crippen molar-refractivity contribution in [3.05, 3.63) is 88.9 Å². The van der Waals surface area contributed by atoms with Gasteiger partial charge in [-0.25, -0.2) is 8.42 Å². The zero-order valence-corrected chi connectivity index (χ0v) is 25.6. The van der Waals surface area contributed by atoms with Crippen LogP contribution in [0.15, 0.2) is 88.2 Å². The van der Waals surface area contributed by atoms with Crippen molar-refractivity contribution < 1.29 is 22.7 Å². The van der Waals surface area contributed by atoms with Crippen LogP contribution in [0.2, 0.25) is 0 Å². The van der Waals surface area contributed by atoms with Crippen LogP contribution in [0.4, 0.5) is 5.69 Å². The lowest BCUT2D eigenvalue weighted by molar-refractivity contribution is -0.139. The minimum atomic E-state index is -4.14. The molecule has 10 heteroatoms. The molecule has 2 amide bonds. The number of anilines is 1. The van der Waals surface area contributed by atoms with E-state index in [0.29, 0.717) is 24.6 Å². The van der Waals surface area contributed by atoms with Gasteiger partial charge < -0.3 is 15.0 Å². The van der Waals surface area contributed by atoms with E-state index >= 15 is 0 Å². The summed E-state index contributed by atoms with van der Waals surface area (Å²) in [5.41, 5.74) is 1.12. The minimum Gasteiger partial charge on any atom is -0.494 e. The summed E-state index contributed by atoms with van der Waals surface area (Å²) in [5.74, 6) is 0.00679. The molecule has 0 aliphatic heterocycles. The van der Waals surface area contributed by atoms with Crippen molar-refractivity contribution in [2.45, 2.75) is 45.2 Å². The van der Waals surface area contributed by atoms with Crippen molar-refractivity contribution >= 4 is 43.5 Å². The van der Waals surface area contributed by atoms with Gasteiger partial charge in [0.15, 0.2) is 0 Å². The third-order valence-electron chi connectivity index (χ3n) is 6.16. The van der Waals surface area contributed by atoms with E-state index in [1.807, 2.05) is 51.1 Å². The Kier molecular flexibility index (Phi) is 11.2. The van der Waals surface area contributed by atoms with E-state index in [9.17, 15) is 18.0 Å². The van der Waals surface area contributed by atoms with Crippen molar-refractivity contribution in [1.29, 1.82) is 0 Å². The van der Waals surface area contributed by atoms with Gasteiger partial charge in [0.1, 0.15) is 18.3 Å². The largest absolute Gasteiger partial charge is 0.494 e. The summed E-state index contributed by atoms with van der Waals surface area (Å²) in [6.45, 7) is 8.06. The number of hydrogen-bond acceptors (Lipinski definition) is 5. The quantitative estimate of drug-likeness (QED) is 0.279. The van der Waals surface area contributed by atoms with E-state index in [-0.39, 0.29) is 23.3 Å². The van der Waals surface area contributed by atoms with Gasteiger partial charge in [-0.2, -0.15) is 0 Å². The Hall–Kier alpha value is -3.37. The van der Waals surface area contributed by atoms with Gasteiger partial charge in [-0.3, -0.25) is 13.9 Å². The van der Waals surface area contributed by atoms with Gasteiger partial charge in [-0.15, -0.1) is 0 Å². The van der Waals surface area contributed by atoms with Gasteiger partial charge in [-0.05, 0) is 73.9 Å². The number of ether oxygens (including phenoxy) is 1. The Bertz CT molecular complexity index is 1360. The van der Waals surface area contributed by atoms with E-state index in [1.165, 1.54) is 17.0 Å². The first-order valence-electron chi connectivity index (χ1n) is 13.1. The standard InChI is InChI=1S/C30H36BrN3O5S/c1-5-39-27-15-13-26(14-16-27)34(40(37,38)28-17-11-25(31)12-18-28)21-29(35)33(20-24-9-7-6-8-10-24)23(4)30(36)32-19-22(2)3/h6-18,22-23H,5,19-21H2,1-4H3,(H,32,36)/t23-/m0/s1. The van der Waals surface area contributed by atoms with Crippen LogP contribution in [0.5, 0.6) is 5.75 Å². The number of nitrogens with one attached hydrogen (secondary N) is 1. The maximum atomic E-state index is 13.9. The van der Waals surface area contributed by atoms with Crippen LogP contribution in [0, 0.1) is 5.92 Å². The van der Waals surface area contributed by atoms with Gasteiger partial charge >= 0.3 is 0 Å². The summed E-state index contributed by atoms with van der Waals surface area (Å²) in [7, 11) is -4.14.